The Bertz CT molecular complexity index is 607. The Hall–Kier alpha value is -1.59. The number of hydrogen-bond acceptors (Lipinski definition) is 3. The van der Waals surface area contributed by atoms with Crippen LogP contribution >= 0.6 is 0 Å². The number of nitrogens with zero attached hydrogens (tertiary/aromatic N) is 1. The Balaban J connectivity index is 1.17. The van der Waals surface area contributed by atoms with E-state index in [9.17, 15) is 14.4 Å². The van der Waals surface area contributed by atoms with Gasteiger partial charge in [-0.15, -0.1) is 0 Å². The Kier molecular flexibility index (Phi) is 4.71. The van der Waals surface area contributed by atoms with Crippen LogP contribution in [0.3, 0.4) is 0 Å². The zero-order valence-corrected chi connectivity index (χ0v) is 16.7. The molecule has 1 heterocycles. The van der Waals surface area contributed by atoms with Crippen molar-refractivity contribution in [1.82, 2.24) is 15.5 Å². The van der Waals surface area contributed by atoms with E-state index in [-0.39, 0.29) is 17.8 Å². The fraction of sp³-hybridized carbons (Fsp3) is 0.857. The number of hydrogen-bond donors (Lipinski definition) is 2. The molecule has 1 aliphatic heterocycles. The fourth-order valence-electron chi connectivity index (χ4n) is 6.57. The van der Waals surface area contributed by atoms with Crippen LogP contribution in [-0.2, 0) is 9.59 Å². The molecule has 0 aromatic rings. The van der Waals surface area contributed by atoms with Crippen LogP contribution in [0.2, 0.25) is 0 Å². The topological polar surface area (TPSA) is 78.5 Å². The minimum absolute atomic E-state index is 0.0334. The lowest BCUT2D eigenvalue weighted by atomic mass is 9.49. The van der Waals surface area contributed by atoms with Gasteiger partial charge in [0, 0.05) is 19.5 Å². The summed E-state index contributed by atoms with van der Waals surface area (Å²) < 4.78 is 0. The van der Waals surface area contributed by atoms with E-state index in [4.69, 9.17) is 0 Å². The zero-order valence-electron chi connectivity index (χ0n) is 16.7. The van der Waals surface area contributed by atoms with Crippen LogP contribution in [0.1, 0.15) is 71.6 Å². The minimum Gasteiger partial charge on any atom is -0.356 e. The lowest BCUT2D eigenvalue weighted by Crippen LogP contribution is -2.47. The number of urea groups is 1. The molecule has 2 N–H and O–H groups in total. The molecule has 0 radical (unpaired) electrons. The number of rotatable bonds is 7. The molecule has 0 spiro atoms. The molecule has 150 valence electrons. The van der Waals surface area contributed by atoms with Gasteiger partial charge < -0.3 is 10.6 Å². The summed E-state index contributed by atoms with van der Waals surface area (Å²) in [5.74, 6) is 2.65. The molecule has 0 aromatic carbocycles. The molecule has 1 saturated heterocycles. The highest BCUT2D eigenvalue weighted by atomic mass is 16.2. The molecule has 4 saturated carbocycles. The van der Waals surface area contributed by atoms with Gasteiger partial charge in [0.1, 0.15) is 5.54 Å². The zero-order chi connectivity index (χ0) is 19.2. The summed E-state index contributed by atoms with van der Waals surface area (Å²) in [4.78, 5) is 37.4. The normalized spacial score (nSPS) is 36.2. The molecule has 5 rings (SSSR count). The van der Waals surface area contributed by atoms with Gasteiger partial charge in [0.25, 0.3) is 5.91 Å². The van der Waals surface area contributed by atoms with Crippen molar-refractivity contribution in [2.75, 3.05) is 13.1 Å². The number of imide groups is 1. The predicted molar refractivity (Wildman–Crippen MR) is 102 cm³/mol. The van der Waals surface area contributed by atoms with Crippen molar-refractivity contribution in [3.8, 4) is 0 Å². The smallest absolute Gasteiger partial charge is 0.325 e. The van der Waals surface area contributed by atoms with Gasteiger partial charge in [-0.3, -0.25) is 14.5 Å². The van der Waals surface area contributed by atoms with Crippen molar-refractivity contribution in [2.24, 2.45) is 23.2 Å². The summed E-state index contributed by atoms with van der Waals surface area (Å²) in [5.41, 5.74) is -0.342. The number of carbonyl (C=O) groups excluding carboxylic acids is 3. The van der Waals surface area contributed by atoms with Gasteiger partial charge in [-0.25, -0.2) is 4.79 Å². The van der Waals surface area contributed by atoms with E-state index in [1.54, 1.807) is 13.8 Å². The Morgan fingerprint density at radius 1 is 1.11 bits per heavy atom. The lowest BCUT2D eigenvalue weighted by molar-refractivity contribution is -0.130. The third kappa shape index (κ3) is 3.72. The highest BCUT2D eigenvalue weighted by Gasteiger charge is 2.50. The first-order valence-electron chi connectivity index (χ1n) is 10.7. The fourth-order valence-corrected chi connectivity index (χ4v) is 6.57. The number of nitrogens with one attached hydrogen (secondary N) is 2. The van der Waals surface area contributed by atoms with Gasteiger partial charge in [-0.2, -0.15) is 0 Å². The highest BCUT2D eigenvalue weighted by Crippen LogP contribution is 2.61. The molecule has 5 fully saturated rings. The maximum atomic E-state index is 12.2. The second-order valence-corrected chi connectivity index (χ2v) is 10.1. The second-order valence-electron chi connectivity index (χ2n) is 10.1. The first-order chi connectivity index (χ1) is 12.8. The summed E-state index contributed by atoms with van der Waals surface area (Å²) in [7, 11) is 0. The summed E-state index contributed by atoms with van der Waals surface area (Å²) in [6, 6.07) is -0.354. The van der Waals surface area contributed by atoms with Gasteiger partial charge in [0.15, 0.2) is 0 Å². The molecule has 5 aliphatic rings. The van der Waals surface area contributed by atoms with Crippen molar-refractivity contribution in [2.45, 2.75) is 77.2 Å². The molecule has 0 atom stereocenters. The van der Waals surface area contributed by atoms with Crippen molar-refractivity contribution in [3.05, 3.63) is 0 Å². The second kappa shape index (κ2) is 6.78. The van der Waals surface area contributed by atoms with E-state index >= 15 is 0 Å². The summed E-state index contributed by atoms with van der Waals surface area (Å²) in [6.45, 7) is 4.46. The molecule has 4 aliphatic carbocycles. The number of carbonyl (C=O) groups is 3. The van der Waals surface area contributed by atoms with Crippen molar-refractivity contribution >= 4 is 17.8 Å². The molecule has 27 heavy (non-hydrogen) atoms. The summed E-state index contributed by atoms with van der Waals surface area (Å²) in [5, 5.41) is 5.74. The molecule has 6 nitrogen and oxygen atoms in total. The van der Waals surface area contributed by atoms with E-state index in [0.29, 0.717) is 24.8 Å². The minimum atomic E-state index is -0.836. The standard InChI is InChI=1S/C21H33N3O3/c1-20(2)18(26)24(19(27)23-20)7-3-4-17(25)22-6-5-21-11-14-8-15(12-21)10-16(9-14)13-21/h14-16H,3-13H2,1-2H3,(H,22,25)(H,23,27). The van der Waals surface area contributed by atoms with E-state index < -0.39 is 5.54 Å². The van der Waals surface area contributed by atoms with Gasteiger partial charge in [-0.1, -0.05) is 0 Å². The molecule has 0 unspecified atom stereocenters. The first kappa shape index (κ1) is 18.8. The molecule has 4 bridgehead atoms. The largest absolute Gasteiger partial charge is 0.356 e. The van der Waals surface area contributed by atoms with Crippen LogP contribution < -0.4 is 10.6 Å². The average Bonchev–Trinajstić information content (AvgIpc) is 2.75. The Labute approximate surface area is 161 Å². The Morgan fingerprint density at radius 2 is 1.70 bits per heavy atom. The van der Waals surface area contributed by atoms with Crippen LogP contribution in [0, 0.1) is 23.2 Å². The van der Waals surface area contributed by atoms with Gasteiger partial charge in [0.2, 0.25) is 5.91 Å². The molecular weight excluding hydrogens is 342 g/mol. The van der Waals surface area contributed by atoms with Crippen LogP contribution in [-0.4, -0.2) is 41.4 Å². The van der Waals surface area contributed by atoms with Crippen molar-refractivity contribution in [1.29, 1.82) is 0 Å². The SMILES string of the molecule is CC1(C)NC(=O)N(CCCC(=O)NCCC23CC4CC(CC(C4)C2)C3)C1=O. The molecular formula is C21H33N3O3. The van der Waals surface area contributed by atoms with Crippen molar-refractivity contribution < 1.29 is 14.4 Å². The van der Waals surface area contributed by atoms with Crippen LogP contribution in [0.15, 0.2) is 0 Å². The molecule has 4 amide bonds. The number of amides is 4. The monoisotopic (exact) mass is 375 g/mol. The van der Waals surface area contributed by atoms with Gasteiger partial charge in [-0.05, 0) is 88.4 Å². The van der Waals surface area contributed by atoms with Crippen LogP contribution in [0.5, 0.6) is 0 Å². The molecule has 6 heteroatoms. The molecule has 0 aromatic heterocycles. The van der Waals surface area contributed by atoms with Crippen LogP contribution in [0.4, 0.5) is 4.79 Å². The lowest BCUT2D eigenvalue weighted by Gasteiger charge is -2.57. The summed E-state index contributed by atoms with van der Waals surface area (Å²) in [6.07, 6.45) is 10.5. The van der Waals surface area contributed by atoms with E-state index in [1.807, 2.05) is 0 Å². The first-order valence-corrected chi connectivity index (χ1v) is 10.7. The van der Waals surface area contributed by atoms with Crippen LogP contribution in [0.25, 0.3) is 0 Å². The van der Waals surface area contributed by atoms with E-state index in [1.165, 1.54) is 43.4 Å². The van der Waals surface area contributed by atoms with E-state index in [2.05, 4.69) is 10.6 Å². The predicted octanol–water partition coefficient (Wildman–Crippen LogP) is 2.82. The maximum Gasteiger partial charge on any atom is 0.325 e. The maximum absolute atomic E-state index is 12.2. The van der Waals surface area contributed by atoms with Crippen molar-refractivity contribution in [3.63, 3.8) is 0 Å². The third-order valence-corrected chi connectivity index (χ3v) is 7.37. The third-order valence-electron chi connectivity index (χ3n) is 7.37. The summed E-state index contributed by atoms with van der Waals surface area (Å²) >= 11 is 0. The highest BCUT2D eigenvalue weighted by molar-refractivity contribution is 6.06. The average molecular weight is 376 g/mol. The van der Waals surface area contributed by atoms with E-state index in [0.717, 1.165) is 30.7 Å². The van der Waals surface area contributed by atoms with Gasteiger partial charge >= 0.3 is 6.03 Å². The van der Waals surface area contributed by atoms with Gasteiger partial charge in [0.05, 0.1) is 0 Å². The Morgan fingerprint density at radius 3 is 2.22 bits per heavy atom. The quantitative estimate of drug-likeness (QED) is 0.672.